The van der Waals surface area contributed by atoms with Crippen LogP contribution in [0.15, 0.2) is 42.5 Å². The standard InChI is InChI=1S/C20H22N2O2/c1-13-3-6-17(19(23)21-2)11-18(13)15-7-9-16(10-8-15)20(24)22-12-14-4-5-14/h3,6-11,14H,4-5,12H2,1-2H3,(H,21,23)(H,22,24). The fourth-order valence-corrected chi connectivity index (χ4v) is 2.68. The van der Waals surface area contributed by atoms with Crippen LogP contribution in [-0.2, 0) is 0 Å². The SMILES string of the molecule is CNC(=O)c1ccc(C)c(-c2ccc(C(=O)NCC3CC3)cc2)c1. The quantitative estimate of drug-likeness (QED) is 0.888. The van der Waals surface area contributed by atoms with Gasteiger partial charge < -0.3 is 10.6 Å². The van der Waals surface area contributed by atoms with Crippen LogP contribution in [0.2, 0.25) is 0 Å². The second-order valence-electron chi connectivity index (χ2n) is 6.34. The Balaban J connectivity index is 1.79. The molecule has 0 bridgehead atoms. The van der Waals surface area contributed by atoms with Crippen molar-refractivity contribution in [3.63, 3.8) is 0 Å². The Morgan fingerprint density at radius 1 is 1.00 bits per heavy atom. The Morgan fingerprint density at radius 2 is 1.67 bits per heavy atom. The van der Waals surface area contributed by atoms with Gasteiger partial charge in [0.15, 0.2) is 0 Å². The third kappa shape index (κ3) is 3.65. The van der Waals surface area contributed by atoms with E-state index in [4.69, 9.17) is 0 Å². The van der Waals surface area contributed by atoms with Crippen LogP contribution in [0.1, 0.15) is 39.1 Å². The Bertz CT molecular complexity index is 762. The predicted molar refractivity (Wildman–Crippen MR) is 95.1 cm³/mol. The minimum Gasteiger partial charge on any atom is -0.355 e. The van der Waals surface area contributed by atoms with E-state index in [0.717, 1.165) is 23.2 Å². The van der Waals surface area contributed by atoms with E-state index >= 15 is 0 Å². The van der Waals surface area contributed by atoms with E-state index in [0.29, 0.717) is 17.0 Å². The molecule has 2 aromatic carbocycles. The maximum Gasteiger partial charge on any atom is 0.251 e. The zero-order valence-corrected chi connectivity index (χ0v) is 14.1. The maximum absolute atomic E-state index is 12.1. The van der Waals surface area contributed by atoms with Crippen LogP contribution in [-0.4, -0.2) is 25.4 Å². The van der Waals surface area contributed by atoms with Crippen molar-refractivity contribution in [3.05, 3.63) is 59.2 Å². The van der Waals surface area contributed by atoms with Crippen molar-refractivity contribution >= 4 is 11.8 Å². The normalized spacial score (nSPS) is 13.4. The van der Waals surface area contributed by atoms with E-state index in [1.54, 1.807) is 7.05 Å². The summed E-state index contributed by atoms with van der Waals surface area (Å²) in [6.07, 6.45) is 2.44. The average molecular weight is 322 g/mol. The molecule has 2 N–H and O–H groups in total. The van der Waals surface area contributed by atoms with Crippen molar-refractivity contribution in [2.75, 3.05) is 13.6 Å². The summed E-state index contributed by atoms with van der Waals surface area (Å²) in [4.78, 5) is 23.9. The number of aryl methyl sites for hydroxylation is 1. The van der Waals surface area contributed by atoms with Crippen LogP contribution in [0.5, 0.6) is 0 Å². The summed E-state index contributed by atoms with van der Waals surface area (Å²) in [7, 11) is 1.62. The van der Waals surface area contributed by atoms with Crippen LogP contribution in [0.3, 0.4) is 0 Å². The molecule has 0 aromatic heterocycles. The van der Waals surface area contributed by atoms with Gasteiger partial charge in [0.1, 0.15) is 0 Å². The summed E-state index contributed by atoms with van der Waals surface area (Å²) in [6.45, 7) is 2.78. The van der Waals surface area contributed by atoms with Crippen LogP contribution < -0.4 is 10.6 Å². The molecule has 4 nitrogen and oxygen atoms in total. The first kappa shape index (κ1) is 16.2. The highest BCUT2D eigenvalue weighted by molar-refractivity contribution is 5.96. The Labute approximate surface area is 142 Å². The minimum absolute atomic E-state index is 0.0238. The summed E-state index contributed by atoms with van der Waals surface area (Å²) in [5.74, 6) is 0.542. The second-order valence-corrected chi connectivity index (χ2v) is 6.34. The molecule has 1 fully saturated rings. The first-order valence-corrected chi connectivity index (χ1v) is 8.30. The molecule has 1 saturated carbocycles. The number of hydrogen-bond donors (Lipinski definition) is 2. The monoisotopic (exact) mass is 322 g/mol. The Kier molecular flexibility index (Phi) is 4.65. The molecule has 124 valence electrons. The molecule has 0 atom stereocenters. The summed E-state index contributed by atoms with van der Waals surface area (Å²) < 4.78 is 0. The van der Waals surface area contributed by atoms with Crippen molar-refractivity contribution in [1.29, 1.82) is 0 Å². The van der Waals surface area contributed by atoms with E-state index < -0.39 is 0 Å². The Hall–Kier alpha value is -2.62. The second kappa shape index (κ2) is 6.87. The van der Waals surface area contributed by atoms with Gasteiger partial charge >= 0.3 is 0 Å². The van der Waals surface area contributed by atoms with Gasteiger partial charge in [-0.2, -0.15) is 0 Å². The van der Waals surface area contributed by atoms with Gasteiger partial charge in [0, 0.05) is 24.7 Å². The number of carbonyl (C=O) groups is 2. The summed E-state index contributed by atoms with van der Waals surface area (Å²) in [6, 6.07) is 13.2. The van der Waals surface area contributed by atoms with Crippen molar-refractivity contribution in [2.45, 2.75) is 19.8 Å². The third-order valence-corrected chi connectivity index (χ3v) is 4.43. The highest BCUT2D eigenvalue weighted by Gasteiger charge is 2.21. The number of hydrogen-bond acceptors (Lipinski definition) is 2. The number of benzene rings is 2. The van der Waals surface area contributed by atoms with E-state index in [2.05, 4.69) is 10.6 Å². The molecule has 0 unspecified atom stereocenters. The summed E-state index contributed by atoms with van der Waals surface area (Å²) in [5, 5.41) is 5.61. The van der Waals surface area contributed by atoms with Gasteiger partial charge in [0.25, 0.3) is 11.8 Å². The Morgan fingerprint density at radius 3 is 2.29 bits per heavy atom. The van der Waals surface area contributed by atoms with E-state index in [9.17, 15) is 9.59 Å². The topological polar surface area (TPSA) is 58.2 Å². The average Bonchev–Trinajstić information content (AvgIpc) is 3.44. The van der Waals surface area contributed by atoms with Gasteiger partial charge in [-0.3, -0.25) is 9.59 Å². The maximum atomic E-state index is 12.1. The third-order valence-electron chi connectivity index (χ3n) is 4.43. The molecule has 2 amide bonds. The number of rotatable bonds is 5. The largest absolute Gasteiger partial charge is 0.355 e. The summed E-state index contributed by atoms with van der Waals surface area (Å²) >= 11 is 0. The fourth-order valence-electron chi connectivity index (χ4n) is 2.68. The van der Waals surface area contributed by atoms with Crippen molar-refractivity contribution in [2.24, 2.45) is 5.92 Å². The lowest BCUT2D eigenvalue weighted by Crippen LogP contribution is -2.25. The minimum atomic E-state index is -0.104. The van der Waals surface area contributed by atoms with Gasteiger partial charge in [0.2, 0.25) is 0 Å². The smallest absolute Gasteiger partial charge is 0.251 e. The molecule has 3 rings (SSSR count). The molecular weight excluding hydrogens is 300 g/mol. The summed E-state index contributed by atoms with van der Waals surface area (Å²) in [5.41, 5.74) is 4.38. The molecule has 0 aliphatic heterocycles. The first-order valence-electron chi connectivity index (χ1n) is 8.30. The molecule has 0 radical (unpaired) electrons. The molecule has 2 aromatic rings. The molecule has 0 spiro atoms. The van der Waals surface area contributed by atoms with Crippen molar-refractivity contribution in [3.8, 4) is 11.1 Å². The molecular formula is C20H22N2O2. The fraction of sp³-hybridized carbons (Fsp3) is 0.300. The molecule has 0 heterocycles. The van der Waals surface area contributed by atoms with E-state index in [1.165, 1.54) is 12.8 Å². The van der Waals surface area contributed by atoms with Crippen LogP contribution >= 0.6 is 0 Å². The van der Waals surface area contributed by atoms with Gasteiger partial charge in [0.05, 0.1) is 0 Å². The number of nitrogens with one attached hydrogen (secondary N) is 2. The zero-order valence-electron chi connectivity index (χ0n) is 14.1. The lowest BCUT2D eigenvalue weighted by molar-refractivity contribution is 0.0947. The lowest BCUT2D eigenvalue weighted by Gasteiger charge is -2.10. The highest BCUT2D eigenvalue weighted by atomic mass is 16.2. The molecule has 24 heavy (non-hydrogen) atoms. The van der Waals surface area contributed by atoms with Crippen molar-refractivity contribution < 1.29 is 9.59 Å². The van der Waals surface area contributed by atoms with Gasteiger partial charge in [-0.05, 0) is 66.6 Å². The lowest BCUT2D eigenvalue weighted by atomic mass is 9.97. The van der Waals surface area contributed by atoms with Gasteiger partial charge in [-0.1, -0.05) is 18.2 Å². The number of amides is 2. The molecule has 1 aliphatic rings. The van der Waals surface area contributed by atoms with Crippen LogP contribution in [0, 0.1) is 12.8 Å². The first-order chi connectivity index (χ1) is 11.6. The van der Waals surface area contributed by atoms with Crippen LogP contribution in [0.25, 0.3) is 11.1 Å². The van der Waals surface area contributed by atoms with Crippen molar-refractivity contribution in [1.82, 2.24) is 10.6 Å². The van der Waals surface area contributed by atoms with Gasteiger partial charge in [-0.25, -0.2) is 0 Å². The molecule has 1 aliphatic carbocycles. The molecule has 4 heteroatoms. The highest BCUT2D eigenvalue weighted by Crippen LogP contribution is 2.28. The number of carbonyl (C=O) groups excluding carboxylic acids is 2. The van der Waals surface area contributed by atoms with Gasteiger partial charge in [-0.15, -0.1) is 0 Å². The van der Waals surface area contributed by atoms with E-state index in [1.807, 2.05) is 49.4 Å². The van der Waals surface area contributed by atoms with Crippen LogP contribution in [0.4, 0.5) is 0 Å². The zero-order chi connectivity index (χ0) is 17.1. The molecule has 0 saturated heterocycles. The predicted octanol–water partition coefficient (Wildman–Crippen LogP) is 3.16. The van der Waals surface area contributed by atoms with E-state index in [-0.39, 0.29) is 11.8 Å².